The molecule has 10 heteroatoms. The van der Waals surface area contributed by atoms with E-state index < -0.39 is 47.2 Å². The summed E-state index contributed by atoms with van der Waals surface area (Å²) in [6, 6.07) is -1.86. The predicted octanol–water partition coefficient (Wildman–Crippen LogP) is 0.136. The maximum Gasteiger partial charge on any atom is 0.324 e. The molecule has 1 saturated heterocycles. The van der Waals surface area contributed by atoms with Crippen LogP contribution in [0.2, 0.25) is 0 Å². The summed E-state index contributed by atoms with van der Waals surface area (Å²) in [5.74, 6) is -4.42. The molecule has 1 N–H and O–H groups in total. The molecule has 1 aliphatic carbocycles. The molecule has 1 unspecified atom stereocenters. The maximum absolute atomic E-state index is 13.2. The highest BCUT2D eigenvalue weighted by Crippen LogP contribution is 2.36. The topological polar surface area (TPSA) is 87.1 Å². The van der Waals surface area contributed by atoms with E-state index in [1.54, 1.807) is 0 Å². The average molecular weight is 328 g/mol. The highest BCUT2D eigenvalue weighted by Gasteiger charge is 2.51. The first-order valence-electron chi connectivity index (χ1n) is 6.57. The van der Waals surface area contributed by atoms with Crippen LogP contribution in [0.4, 0.5) is 8.78 Å². The lowest BCUT2D eigenvalue weighted by Gasteiger charge is -2.31. The Hall–Kier alpha value is -0.840. The van der Waals surface area contributed by atoms with E-state index in [-0.39, 0.29) is 13.2 Å². The molecule has 0 aromatic rings. The normalized spacial score (nSPS) is 24.4. The van der Waals surface area contributed by atoms with Gasteiger partial charge in [-0.25, -0.2) is 8.78 Å². The number of carboxylic acids is 1. The molecule has 0 amide bonds. The van der Waals surface area contributed by atoms with Crippen molar-refractivity contribution < 1.29 is 31.8 Å². The van der Waals surface area contributed by atoms with Crippen molar-refractivity contribution in [1.82, 2.24) is 8.61 Å². The lowest BCUT2D eigenvalue weighted by molar-refractivity contribution is -0.143. The second-order valence-corrected chi connectivity index (χ2v) is 7.15. The quantitative estimate of drug-likeness (QED) is 0.718. The van der Waals surface area contributed by atoms with E-state index in [9.17, 15) is 27.1 Å². The number of rotatable bonds is 7. The number of carbonyl (C=O) groups is 1. The molecular weight excluding hydrogens is 310 g/mol. The van der Waals surface area contributed by atoms with Crippen LogP contribution < -0.4 is 0 Å². The zero-order chi connectivity index (χ0) is 15.8. The summed E-state index contributed by atoms with van der Waals surface area (Å²) in [4.78, 5) is 11.3. The first-order valence-corrected chi connectivity index (χ1v) is 7.97. The Morgan fingerprint density at radius 3 is 2.52 bits per heavy atom. The standard InChI is InChI=1S/C11H18F2N2O5S/c1-20-6-9(10(16)17)15(8-2-3-8)21(18,19)14-5-4-11(12,13)7-14/h8-9H,2-7H2,1H3,(H,16,17). The molecule has 2 fully saturated rings. The van der Waals surface area contributed by atoms with Crippen molar-refractivity contribution in [2.45, 2.75) is 37.3 Å². The third kappa shape index (κ3) is 3.50. The number of carboxylic acid groups (broad SMARTS) is 1. The molecule has 2 rings (SSSR count). The summed E-state index contributed by atoms with van der Waals surface area (Å²) in [6.07, 6.45) is 0.501. The van der Waals surface area contributed by atoms with Gasteiger partial charge >= 0.3 is 5.97 Å². The Morgan fingerprint density at radius 2 is 2.14 bits per heavy atom. The van der Waals surface area contributed by atoms with Gasteiger partial charge in [0.1, 0.15) is 6.04 Å². The molecule has 0 spiro atoms. The van der Waals surface area contributed by atoms with Gasteiger partial charge in [-0.3, -0.25) is 4.79 Å². The molecule has 122 valence electrons. The van der Waals surface area contributed by atoms with Crippen molar-refractivity contribution >= 4 is 16.2 Å². The van der Waals surface area contributed by atoms with Crippen molar-refractivity contribution in [3.8, 4) is 0 Å². The Morgan fingerprint density at radius 1 is 1.52 bits per heavy atom. The van der Waals surface area contributed by atoms with Crippen LogP contribution in [0.3, 0.4) is 0 Å². The highest BCUT2D eigenvalue weighted by molar-refractivity contribution is 7.86. The Labute approximate surface area is 121 Å². The van der Waals surface area contributed by atoms with Crippen LogP contribution in [-0.2, 0) is 19.7 Å². The fraction of sp³-hybridized carbons (Fsp3) is 0.909. The number of hydrogen-bond acceptors (Lipinski definition) is 4. The number of methoxy groups -OCH3 is 1. The van der Waals surface area contributed by atoms with E-state index in [0.717, 1.165) is 4.31 Å². The minimum Gasteiger partial charge on any atom is -0.480 e. The van der Waals surface area contributed by atoms with Gasteiger partial charge in [-0.15, -0.1) is 0 Å². The second-order valence-electron chi connectivity index (χ2n) is 5.32. The van der Waals surface area contributed by atoms with Crippen molar-refractivity contribution in [1.29, 1.82) is 0 Å². The highest BCUT2D eigenvalue weighted by atomic mass is 32.2. The first-order chi connectivity index (χ1) is 9.69. The molecule has 0 aromatic carbocycles. The molecule has 1 atom stereocenters. The van der Waals surface area contributed by atoms with E-state index in [1.165, 1.54) is 7.11 Å². The van der Waals surface area contributed by atoms with Crippen LogP contribution in [0.25, 0.3) is 0 Å². The lowest BCUT2D eigenvalue weighted by Crippen LogP contribution is -2.53. The van der Waals surface area contributed by atoms with Gasteiger partial charge in [0.05, 0.1) is 13.2 Å². The minimum atomic E-state index is -4.25. The predicted molar refractivity (Wildman–Crippen MR) is 68.2 cm³/mol. The molecule has 0 bridgehead atoms. The number of hydrogen-bond donors (Lipinski definition) is 1. The van der Waals surface area contributed by atoms with Gasteiger partial charge in [0.2, 0.25) is 0 Å². The minimum absolute atomic E-state index is 0.308. The molecule has 1 heterocycles. The Balaban J connectivity index is 2.26. The third-order valence-electron chi connectivity index (χ3n) is 3.55. The van der Waals surface area contributed by atoms with Gasteiger partial charge in [0, 0.05) is 26.1 Å². The zero-order valence-electron chi connectivity index (χ0n) is 11.5. The van der Waals surface area contributed by atoms with Crippen LogP contribution in [0.1, 0.15) is 19.3 Å². The van der Waals surface area contributed by atoms with Gasteiger partial charge in [-0.1, -0.05) is 0 Å². The SMILES string of the molecule is COCC(C(=O)O)N(C1CC1)S(=O)(=O)N1CCC(F)(F)C1. The van der Waals surface area contributed by atoms with Crippen molar-refractivity contribution in [2.75, 3.05) is 26.8 Å². The Kier molecular flexibility index (Phi) is 4.52. The van der Waals surface area contributed by atoms with Gasteiger partial charge in [0.25, 0.3) is 16.1 Å². The van der Waals surface area contributed by atoms with Crippen LogP contribution in [0.5, 0.6) is 0 Å². The van der Waals surface area contributed by atoms with E-state index in [2.05, 4.69) is 0 Å². The van der Waals surface area contributed by atoms with Gasteiger partial charge in [-0.05, 0) is 12.8 Å². The fourth-order valence-corrected chi connectivity index (χ4v) is 4.38. The summed E-state index contributed by atoms with van der Waals surface area (Å²) >= 11 is 0. The third-order valence-corrected chi connectivity index (χ3v) is 5.60. The van der Waals surface area contributed by atoms with Crippen LogP contribution in [0.15, 0.2) is 0 Å². The summed E-state index contributed by atoms with van der Waals surface area (Å²) in [6.45, 7) is -1.54. The van der Waals surface area contributed by atoms with Crippen molar-refractivity contribution in [3.05, 3.63) is 0 Å². The fourth-order valence-electron chi connectivity index (χ4n) is 2.38. The van der Waals surface area contributed by atoms with E-state index in [4.69, 9.17) is 4.74 Å². The molecular formula is C11H18F2N2O5S. The largest absolute Gasteiger partial charge is 0.480 e. The number of nitrogens with zero attached hydrogens (tertiary/aromatic N) is 2. The lowest BCUT2D eigenvalue weighted by atomic mass is 10.3. The van der Waals surface area contributed by atoms with E-state index in [0.29, 0.717) is 17.1 Å². The van der Waals surface area contributed by atoms with Crippen LogP contribution in [0, 0.1) is 0 Å². The molecule has 1 aliphatic heterocycles. The van der Waals surface area contributed by atoms with E-state index in [1.807, 2.05) is 0 Å². The number of halogens is 2. The van der Waals surface area contributed by atoms with Crippen LogP contribution >= 0.6 is 0 Å². The Bertz CT molecular complexity index is 509. The molecule has 2 aliphatic rings. The number of alkyl halides is 2. The summed E-state index contributed by atoms with van der Waals surface area (Å²) in [7, 11) is -2.99. The van der Waals surface area contributed by atoms with Gasteiger partial charge < -0.3 is 9.84 Å². The van der Waals surface area contributed by atoms with Crippen molar-refractivity contribution in [2.24, 2.45) is 0 Å². The molecule has 7 nitrogen and oxygen atoms in total. The average Bonchev–Trinajstić information content (AvgIpc) is 3.11. The molecule has 0 radical (unpaired) electrons. The van der Waals surface area contributed by atoms with Crippen molar-refractivity contribution in [3.63, 3.8) is 0 Å². The monoisotopic (exact) mass is 328 g/mol. The van der Waals surface area contributed by atoms with E-state index >= 15 is 0 Å². The summed E-state index contributed by atoms with van der Waals surface area (Å²) in [5.41, 5.74) is 0. The van der Waals surface area contributed by atoms with Gasteiger partial charge in [-0.2, -0.15) is 17.0 Å². The van der Waals surface area contributed by atoms with Gasteiger partial charge in [0.15, 0.2) is 0 Å². The number of ether oxygens (including phenoxy) is 1. The maximum atomic E-state index is 13.2. The molecule has 0 aromatic heterocycles. The summed E-state index contributed by atoms with van der Waals surface area (Å²) in [5, 5.41) is 9.21. The smallest absolute Gasteiger partial charge is 0.324 e. The zero-order valence-corrected chi connectivity index (χ0v) is 12.4. The number of aliphatic carboxylic acids is 1. The first kappa shape index (κ1) is 16.5. The second kappa shape index (κ2) is 5.75. The van der Waals surface area contributed by atoms with Crippen LogP contribution in [-0.4, -0.2) is 72.9 Å². The summed E-state index contributed by atoms with van der Waals surface area (Å²) < 4.78 is 57.8. The molecule has 21 heavy (non-hydrogen) atoms. The molecule has 1 saturated carbocycles.